The van der Waals surface area contributed by atoms with Gasteiger partial charge in [0.1, 0.15) is 11.4 Å². The van der Waals surface area contributed by atoms with E-state index in [1.807, 2.05) is 0 Å². The second-order valence-corrected chi connectivity index (χ2v) is 5.82. The molecule has 0 aliphatic carbocycles. The molecule has 0 fully saturated rings. The van der Waals surface area contributed by atoms with Gasteiger partial charge in [-0.2, -0.15) is 5.26 Å². The molecule has 0 aliphatic heterocycles. The summed E-state index contributed by atoms with van der Waals surface area (Å²) in [5.74, 6) is 0.274. The summed E-state index contributed by atoms with van der Waals surface area (Å²) < 4.78 is 5.22. The number of aromatic nitrogens is 2. The van der Waals surface area contributed by atoms with Crippen molar-refractivity contribution >= 4 is 34.8 Å². The average molecular weight is 380 g/mol. The Morgan fingerprint density at radius 1 is 1.22 bits per heavy atom. The van der Waals surface area contributed by atoms with Crippen molar-refractivity contribution in [2.45, 2.75) is 0 Å². The minimum absolute atomic E-state index is 0.158. The van der Waals surface area contributed by atoms with Gasteiger partial charge in [-0.05, 0) is 42.5 Å². The molecule has 27 heavy (non-hydrogen) atoms. The Balaban J connectivity index is 1.80. The molecule has 1 amide bonds. The van der Waals surface area contributed by atoms with Crippen LogP contribution in [0.5, 0.6) is 5.75 Å². The molecule has 0 saturated heterocycles. The fraction of sp³-hybridized carbons (Fsp3) is 0.0526. The molecule has 3 rings (SSSR count). The fourth-order valence-electron chi connectivity index (χ4n) is 2.31. The van der Waals surface area contributed by atoms with Crippen LogP contribution in [-0.2, 0) is 0 Å². The van der Waals surface area contributed by atoms with E-state index in [4.69, 9.17) is 21.6 Å². The lowest BCUT2D eigenvalue weighted by Gasteiger charge is -2.11. The van der Waals surface area contributed by atoms with E-state index >= 15 is 0 Å². The predicted octanol–water partition coefficient (Wildman–Crippen LogP) is 4.01. The Morgan fingerprint density at radius 3 is 2.85 bits per heavy atom. The molecule has 0 aliphatic rings. The maximum Gasteiger partial charge on any atom is 0.274 e. The Labute approximate surface area is 160 Å². The van der Waals surface area contributed by atoms with Gasteiger partial charge in [0.05, 0.1) is 24.4 Å². The van der Waals surface area contributed by atoms with Crippen LogP contribution in [0.2, 0.25) is 5.02 Å². The van der Waals surface area contributed by atoms with Crippen LogP contribution in [-0.4, -0.2) is 23.0 Å². The van der Waals surface area contributed by atoms with Gasteiger partial charge in [0.2, 0.25) is 5.95 Å². The van der Waals surface area contributed by atoms with Gasteiger partial charge in [0.15, 0.2) is 0 Å². The number of benzene rings is 2. The molecule has 0 spiro atoms. The number of nitrogens with zero attached hydrogens (tertiary/aromatic N) is 3. The minimum Gasteiger partial charge on any atom is -0.495 e. The lowest BCUT2D eigenvalue weighted by Crippen LogP contribution is -2.15. The summed E-state index contributed by atoms with van der Waals surface area (Å²) >= 11 is 5.98. The van der Waals surface area contributed by atoms with Crippen molar-refractivity contribution in [2.75, 3.05) is 17.7 Å². The van der Waals surface area contributed by atoms with Crippen LogP contribution in [0.3, 0.4) is 0 Å². The maximum absolute atomic E-state index is 12.5. The lowest BCUT2D eigenvalue weighted by molar-refractivity contribution is 0.102. The van der Waals surface area contributed by atoms with Crippen molar-refractivity contribution in [3.8, 4) is 11.8 Å². The Kier molecular flexibility index (Phi) is 5.50. The van der Waals surface area contributed by atoms with Crippen LogP contribution < -0.4 is 15.4 Å². The smallest absolute Gasteiger partial charge is 0.274 e. The molecule has 8 heteroatoms. The molecule has 0 unspecified atom stereocenters. The van der Waals surface area contributed by atoms with Crippen LogP contribution in [0.4, 0.5) is 17.3 Å². The molecule has 1 aromatic heterocycles. The molecule has 134 valence electrons. The Hall–Kier alpha value is -3.63. The highest BCUT2D eigenvalue weighted by Gasteiger charge is 2.13. The molecule has 0 radical (unpaired) electrons. The molecule has 2 aromatic carbocycles. The number of nitrogens with one attached hydrogen (secondary N) is 2. The quantitative estimate of drug-likeness (QED) is 0.694. The van der Waals surface area contributed by atoms with Crippen molar-refractivity contribution < 1.29 is 9.53 Å². The summed E-state index contributed by atoms with van der Waals surface area (Å²) in [4.78, 5) is 20.8. The number of nitriles is 1. The van der Waals surface area contributed by atoms with Crippen LogP contribution in [0, 0.1) is 11.3 Å². The highest BCUT2D eigenvalue weighted by Crippen LogP contribution is 2.28. The van der Waals surface area contributed by atoms with Gasteiger partial charge in [0, 0.05) is 16.9 Å². The van der Waals surface area contributed by atoms with E-state index in [1.165, 1.54) is 19.4 Å². The second kappa shape index (κ2) is 8.17. The second-order valence-electron chi connectivity index (χ2n) is 5.38. The van der Waals surface area contributed by atoms with E-state index in [0.29, 0.717) is 27.7 Å². The fourth-order valence-corrected chi connectivity index (χ4v) is 2.48. The summed E-state index contributed by atoms with van der Waals surface area (Å²) in [7, 11) is 1.50. The summed E-state index contributed by atoms with van der Waals surface area (Å²) in [6.07, 6.45) is 1.47. The van der Waals surface area contributed by atoms with Gasteiger partial charge in [-0.15, -0.1) is 0 Å². The molecule has 7 nitrogen and oxygen atoms in total. The number of amides is 1. The number of halogens is 1. The standard InChI is InChI=1S/C19H14ClN5O2/c1-27-17-6-5-13(20)10-16(17)24-18(26)15-7-8-22-19(25-15)23-14-4-2-3-12(9-14)11-21/h2-10H,1H3,(H,24,26)(H,22,23,25). The van der Waals surface area contributed by atoms with Crippen molar-refractivity contribution in [3.63, 3.8) is 0 Å². The van der Waals surface area contributed by atoms with E-state index in [0.717, 1.165) is 0 Å². The van der Waals surface area contributed by atoms with Gasteiger partial charge < -0.3 is 15.4 Å². The number of hydrogen-bond donors (Lipinski definition) is 2. The third-order valence-electron chi connectivity index (χ3n) is 3.55. The average Bonchev–Trinajstić information content (AvgIpc) is 2.68. The van der Waals surface area contributed by atoms with Crippen LogP contribution >= 0.6 is 11.6 Å². The molecule has 0 atom stereocenters. The summed E-state index contributed by atoms with van der Waals surface area (Å²) in [6.45, 7) is 0. The lowest BCUT2D eigenvalue weighted by atomic mass is 10.2. The highest BCUT2D eigenvalue weighted by molar-refractivity contribution is 6.31. The topological polar surface area (TPSA) is 99.9 Å². The summed E-state index contributed by atoms with van der Waals surface area (Å²) in [5.41, 5.74) is 1.74. The Bertz CT molecular complexity index is 1030. The third-order valence-corrected chi connectivity index (χ3v) is 3.78. The Morgan fingerprint density at radius 2 is 2.07 bits per heavy atom. The van der Waals surface area contributed by atoms with E-state index in [-0.39, 0.29) is 11.6 Å². The molecular formula is C19H14ClN5O2. The zero-order valence-corrected chi connectivity index (χ0v) is 15.0. The number of ether oxygens (including phenoxy) is 1. The zero-order chi connectivity index (χ0) is 19.2. The first-order valence-electron chi connectivity index (χ1n) is 7.84. The number of rotatable bonds is 5. The number of methoxy groups -OCH3 is 1. The van der Waals surface area contributed by atoms with Crippen LogP contribution in [0.1, 0.15) is 16.1 Å². The molecule has 0 bridgehead atoms. The first-order valence-corrected chi connectivity index (χ1v) is 8.22. The largest absolute Gasteiger partial charge is 0.495 e. The monoisotopic (exact) mass is 379 g/mol. The number of hydrogen-bond acceptors (Lipinski definition) is 6. The highest BCUT2D eigenvalue weighted by atomic mass is 35.5. The van der Waals surface area contributed by atoms with Crippen molar-refractivity contribution in [2.24, 2.45) is 0 Å². The number of carbonyl (C=O) groups is 1. The van der Waals surface area contributed by atoms with Crippen molar-refractivity contribution in [3.05, 3.63) is 71.0 Å². The van der Waals surface area contributed by atoms with Gasteiger partial charge in [0.25, 0.3) is 5.91 Å². The van der Waals surface area contributed by atoms with Gasteiger partial charge >= 0.3 is 0 Å². The number of anilines is 3. The first-order chi connectivity index (χ1) is 13.1. The normalized spacial score (nSPS) is 9.96. The van der Waals surface area contributed by atoms with Gasteiger partial charge in [-0.3, -0.25) is 4.79 Å². The third kappa shape index (κ3) is 4.51. The summed E-state index contributed by atoms with van der Waals surface area (Å²) in [6, 6.07) is 15.3. The maximum atomic E-state index is 12.5. The summed E-state index contributed by atoms with van der Waals surface area (Å²) in [5, 5.41) is 15.1. The van der Waals surface area contributed by atoms with E-state index < -0.39 is 5.91 Å². The van der Waals surface area contributed by atoms with E-state index in [2.05, 4.69) is 26.7 Å². The minimum atomic E-state index is -0.438. The molecule has 0 saturated carbocycles. The van der Waals surface area contributed by atoms with Crippen LogP contribution in [0.15, 0.2) is 54.7 Å². The molecular weight excluding hydrogens is 366 g/mol. The molecule has 2 N–H and O–H groups in total. The number of carbonyl (C=O) groups excluding carboxylic acids is 1. The van der Waals surface area contributed by atoms with Gasteiger partial charge in [-0.1, -0.05) is 17.7 Å². The van der Waals surface area contributed by atoms with E-state index in [1.54, 1.807) is 42.5 Å². The van der Waals surface area contributed by atoms with Crippen molar-refractivity contribution in [1.29, 1.82) is 5.26 Å². The first kappa shape index (κ1) is 18.2. The van der Waals surface area contributed by atoms with Crippen molar-refractivity contribution in [1.82, 2.24) is 9.97 Å². The van der Waals surface area contributed by atoms with E-state index in [9.17, 15) is 4.79 Å². The molecule has 1 heterocycles. The van der Waals surface area contributed by atoms with Crippen LogP contribution in [0.25, 0.3) is 0 Å². The SMILES string of the molecule is COc1ccc(Cl)cc1NC(=O)c1ccnc(Nc2cccc(C#N)c2)n1. The predicted molar refractivity (Wildman–Crippen MR) is 102 cm³/mol. The zero-order valence-electron chi connectivity index (χ0n) is 14.2. The molecule has 3 aromatic rings. The van der Waals surface area contributed by atoms with Gasteiger partial charge in [-0.25, -0.2) is 9.97 Å².